The monoisotopic (exact) mass is 339 g/mol. The summed E-state index contributed by atoms with van der Waals surface area (Å²) < 4.78 is 26.6. The third-order valence-electron chi connectivity index (χ3n) is 2.40. The maximum Gasteiger partial charge on any atom is 0.254 e. The van der Waals surface area contributed by atoms with E-state index in [0.29, 0.717) is 0 Å². The van der Waals surface area contributed by atoms with Crippen molar-refractivity contribution in [3.63, 3.8) is 0 Å². The molecule has 1 unspecified atom stereocenters. The SMILES string of the molecule is CC(CCCBr)NC(=O)c1cc(F)c(Cl)cc1F. The molecule has 1 atom stereocenters. The maximum atomic E-state index is 13.5. The molecule has 1 amide bonds. The Bertz CT molecular complexity index is 442. The molecule has 0 spiro atoms. The van der Waals surface area contributed by atoms with Gasteiger partial charge in [0.05, 0.1) is 10.6 Å². The Kier molecular flexibility index (Phi) is 6.02. The van der Waals surface area contributed by atoms with E-state index in [-0.39, 0.29) is 16.6 Å². The minimum Gasteiger partial charge on any atom is -0.349 e. The normalized spacial score (nSPS) is 12.3. The Labute approximate surface area is 118 Å². The quantitative estimate of drug-likeness (QED) is 0.639. The Morgan fingerprint density at radius 2 is 2.11 bits per heavy atom. The smallest absolute Gasteiger partial charge is 0.254 e. The van der Waals surface area contributed by atoms with Gasteiger partial charge in [0.1, 0.15) is 11.6 Å². The van der Waals surface area contributed by atoms with Crippen molar-refractivity contribution in [2.75, 3.05) is 5.33 Å². The first-order valence-corrected chi connectivity index (χ1v) is 6.97. The highest BCUT2D eigenvalue weighted by Crippen LogP contribution is 2.19. The van der Waals surface area contributed by atoms with Crippen LogP contribution in [0.15, 0.2) is 12.1 Å². The second-order valence-electron chi connectivity index (χ2n) is 3.95. The lowest BCUT2D eigenvalue weighted by Gasteiger charge is -2.13. The molecule has 18 heavy (non-hydrogen) atoms. The van der Waals surface area contributed by atoms with Crippen molar-refractivity contribution >= 4 is 33.4 Å². The van der Waals surface area contributed by atoms with E-state index < -0.39 is 17.5 Å². The lowest BCUT2D eigenvalue weighted by molar-refractivity contribution is 0.0934. The van der Waals surface area contributed by atoms with Crippen LogP contribution in [-0.2, 0) is 0 Å². The van der Waals surface area contributed by atoms with Crippen LogP contribution in [-0.4, -0.2) is 17.3 Å². The van der Waals surface area contributed by atoms with Gasteiger partial charge in [-0.1, -0.05) is 27.5 Å². The number of benzene rings is 1. The van der Waals surface area contributed by atoms with E-state index in [9.17, 15) is 13.6 Å². The minimum atomic E-state index is -0.827. The Morgan fingerprint density at radius 3 is 2.72 bits per heavy atom. The summed E-state index contributed by atoms with van der Waals surface area (Å²) in [5.41, 5.74) is -0.331. The number of halogens is 4. The van der Waals surface area contributed by atoms with Gasteiger partial charge in [-0.05, 0) is 31.9 Å². The molecular formula is C12H13BrClF2NO. The Hall–Kier alpha value is -0.680. The van der Waals surface area contributed by atoms with Crippen LogP contribution in [0, 0.1) is 11.6 Å². The second kappa shape index (κ2) is 7.04. The molecule has 0 radical (unpaired) electrons. The van der Waals surface area contributed by atoms with Crippen LogP contribution in [0.25, 0.3) is 0 Å². The number of amides is 1. The van der Waals surface area contributed by atoms with E-state index in [2.05, 4.69) is 21.2 Å². The standard InChI is InChI=1S/C12H13BrClF2NO/c1-7(3-2-4-13)17-12(18)8-5-11(16)9(14)6-10(8)15/h5-7H,2-4H2,1H3,(H,17,18). The summed E-state index contributed by atoms with van der Waals surface area (Å²) in [5.74, 6) is -2.27. The van der Waals surface area contributed by atoms with E-state index >= 15 is 0 Å². The van der Waals surface area contributed by atoms with Crippen LogP contribution < -0.4 is 5.32 Å². The fourth-order valence-electron chi connectivity index (χ4n) is 1.45. The fraction of sp³-hybridized carbons (Fsp3) is 0.417. The molecule has 0 bridgehead atoms. The number of carbonyl (C=O) groups excluding carboxylic acids is 1. The highest BCUT2D eigenvalue weighted by molar-refractivity contribution is 9.09. The lowest BCUT2D eigenvalue weighted by atomic mass is 10.1. The van der Waals surface area contributed by atoms with Crippen molar-refractivity contribution in [2.45, 2.75) is 25.8 Å². The van der Waals surface area contributed by atoms with Crippen LogP contribution in [0.1, 0.15) is 30.1 Å². The van der Waals surface area contributed by atoms with Gasteiger partial charge in [-0.3, -0.25) is 4.79 Å². The van der Waals surface area contributed by atoms with Crippen molar-refractivity contribution in [1.29, 1.82) is 0 Å². The molecule has 2 nitrogen and oxygen atoms in total. The zero-order valence-corrected chi connectivity index (χ0v) is 12.1. The molecule has 0 saturated heterocycles. The summed E-state index contributed by atoms with van der Waals surface area (Å²) in [5, 5.41) is 3.10. The van der Waals surface area contributed by atoms with Crippen molar-refractivity contribution in [3.05, 3.63) is 34.4 Å². The predicted octanol–water partition coefficient (Wildman–Crippen LogP) is 3.91. The molecule has 0 saturated carbocycles. The highest BCUT2D eigenvalue weighted by Gasteiger charge is 2.16. The number of carbonyl (C=O) groups is 1. The van der Waals surface area contributed by atoms with Crippen molar-refractivity contribution in [3.8, 4) is 0 Å². The molecule has 1 N–H and O–H groups in total. The van der Waals surface area contributed by atoms with Crippen LogP contribution in [0.4, 0.5) is 8.78 Å². The number of nitrogens with one attached hydrogen (secondary N) is 1. The molecule has 0 aromatic heterocycles. The molecule has 0 heterocycles. The minimum absolute atomic E-state index is 0.104. The number of alkyl halides is 1. The van der Waals surface area contributed by atoms with E-state index in [1.54, 1.807) is 0 Å². The molecular weight excluding hydrogens is 327 g/mol. The first-order chi connectivity index (χ1) is 8.45. The van der Waals surface area contributed by atoms with Crippen LogP contribution in [0.2, 0.25) is 5.02 Å². The number of hydrogen-bond acceptors (Lipinski definition) is 1. The third-order valence-corrected chi connectivity index (χ3v) is 3.25. The van der Waals surface area contributed by atoms with Crippen molar-refractivity contribution in [1.82, 2.24) is 5.32 Å². The number of rotatable bonds is 5. The molecule has 1 aromatic rings. The summed E-state index contributed by atoms with van der Waals surface area (Å²) in [6.45, 7) is 1.81. The maximum absolute atomic E-state index is 13.5. The largest absolute Gasteiger partial charge is 0.349 e. The average Bonchev–Trinajstić information content (AvgIpc) is 2.31. The average molecular weight is 341 g/mol. The molecule has 6 heteroatoms. The molecule has 100 valence electrons. The topological polar surface area (TPSA) is 29.1 Å². The Morgan fingerprint density at radius 1 is 1.44 bits per heavy atom. The molecule has 0 aliphatic heterocycles. The van der Waals surface area contributed by atoms with Crippen LogP contribution in [0.3, 0.4) is 0 Å². The summed E-state index contributed by atoms with van der Waals surface area (Å²) in [6.07, 6.45) is 1.65. The molecule has 0 fully saturated rings. The molecule has 1 rings (SSSR count). The Balaban J connectivity index is 2.75. The predicted molar refractivity (Wildman–Crippen MR) is 71.3 cm³/mol. The van der Waals surface area contributed by atoms with E-state index in [0.717, 1.165) is 30.3 Å². The van der Waals surface area contributed by atoms with Gasteiger partial charge in [-0.15, -0.1) is 0 Å². The van der Waals surface area contributed by atoms with Gasteiger partial charge >= 0.3 is 0 Å². The number of hydrogen-bond donors (Lipinski definition) is 1. The van der Waals surface area contributed by atoms with Crippen molar-refractivity contribution < 1.29 is 13.6 Å². The van der Waals surface area contributed by atoms with Crippen LogP contribution >= 0.6 is 27.5 Å². The lowest BCUT2D eigenvalue weighted by Crippen LogP contribution is -2.33. The molecule has 0 aliphatic rings. The van der Waals surface area contributed by atoms with Gasteiger partial charge in [-0.25, -0.2) is 8.78 Å². The second-order valence-corrected chi connectivity index (χ2v) is 5.15. The summed E-state index contributed by atoms with van der Waals surface area (Å²) in [4.78, 5) is 11.7. The third kappa shape index (κ3) is 4.21. The van der Waals surface area contributed by atoms with Gasteiger partial charge in [-0.2, -0.15) is 0 Å². The highest BCUT2D eigenvalue weighted by atomic mass is 79.9. The van der Waals surface area contributed by atoms with Crippen LogP contribution in [0.5, 0.6) is 0 Å². The van der Waals surface area contributed by atoms with E-state index in [4.69, 9.17) is 11.6 Å². The molecule has 0 aliphatic carbocycles. The summed E-state index contributed by atoms with van der Waals surface area (Å²) >= 11 is 8.69. The first kappa shape index (κ1) is 15.4. The zero-order chi connectivity index (χ0) is 13.7. The van der Waals surface area contributed by atoms with Gasteiger partial charge in [0.2, 0.25) is 0 Å². The summed E-state index contributed by atoms with van der Waals surface area (Å²) in [6, 6.07) is 1.51. The van der Waals surface area contributed by atoms with E-state index in [1.165, 1.54) is 0 Å². The fourth-order valence-corrected chi connectivity index (χ4v) is 1.93. The first-order valence-electron chi connectivity index (χ1n) is 5.47. The molecule has 1 aromatic carbocycles. The summed E-state index contributed by atoms with van der Waals surface area (Å²) in [7, 11) is 0. The van der Waals surface area contributed by atoms with Gasteiger partial charge in [0.15, 0.2) is 0 Å². The van der Waals surface area contributed by atoms with Gasteiger partial charge in [0.25, 0.3) is 5.91 Å². The van der Waals surface area contributed by atoms with Gasteiger partial charge < -0.3 is 5.32 Å². The van der Waals surface area contributed by atoms with Crippen molar-refractivity contribution in [2.24, 2.45) is 0 Å². The van der Waals surface area contributed by atoms with E-state index in [1.807, 2.05) is 6.92 Å². The van der Waals surface area contributed by atoms with Gasteiger partial charge in [0, 0.05) is 11.4 Å². The zero-order valence-electron chi connectivity index (χ0n) is 9.77.